The van der Waals surface area contributed by atoms with Gasteiger partial charge in [-0.15, -0.1) is 6.61 Å². The van der Waals surface area contributed by atoms with Crippen LogP contribution in [0, 0.1) is 5.92 Å². The molecule has 1 saturated heterocycles. The van der Waals surface area contributed by atoms with Crippen molar-refractivity contribution in [3.8, 4) is 0 Å². The first-order chi connectivity index (χ1) is 4.83. The summed E-state index contributed by atoms with van der Waals surface area (Å²) in [7, 11) is 2.15. The number of hydrogen-bond acceptors (Lipinski definition) is 2. The first-order valence-electron chi connectivity index (χ1n) is 4.09. The molecule has 11 heavy (non-hydrogen) atoms. The Kier molecular flexibility index (Phi) is 8.00. The molecule has 0 aliphatic carbocycles. The number of likely N-dealkylation sites (tertiary alicyclic amines) is 1. The van der Waals surface area contributed by atoms with Crippen molar-refractivity contribution in [2.45, 2.75) is 19.3 Å². The molecule has 60 valence electrons. The van der Waals surface area contributed by atoms with Gasteiger partial charge in [0, 0.05) is 6.54 Å². The van der Waals surface area contributed by atoms with E-state index in [0.29, 0.717) is 0 Å². The molecule has 1 heterocycles. The zero-order chi connectivity index (χ0) is 7.40. The van der Waals surface area contributed by atoms with Crippen molar-refractivity contribution in [2.24, 2.45) is 5.92 Å². The average molecular weight is 181 g/mol. The summed E-state index contributed by atoms with van der Waals surface area (Å²) in [6, 6.07) is 0. The van der Waals surface area contributed by atoms with Gasteiger partial charge in [-0.1, -0.05) is 12.8 Å². The van der Waals surface area contributed by atoms with Gasteiger partial charge in [0.15, 0.2) is 0 Å². The van der Waals surface area contributed by atoms with Crippen LogP contribution >= 0.6 is 0 Å². The van der Waals surface area contributed by atoms with Gasteiger partial charge in [0.1, 0.15) is 0 Å². The van der Waals surface area contributed by atoms with Crippen LogP contribution in [0.4, 0.5) is 0 Å². The maximum absolute atomic E-state index is 10.2. The van der Waals surface area contributed by atoms with E-state index in [1.807, 2.05) is 0 Å². The van der Waals surface area contributed by atoms with Crippen LogP contribution in [-0.2, 0) is 0 Å². The molecule has 1 atom stereocenters. The van der Waals surface area contributed by atoms with Crippen LogP contribution in [0.1, 0.15) is 19.3 Å². The molecule has 1 unspecified atom stereocenters. The third-order valence-corrected chi connectivity index (χ3v) is 2.25. The molecule has 2 nitrogen and oxygen atoms in total. The molecule has 1 aliphatic rings. The fourth-order valence-electron chi connectivity index (χ4n) is 1.63. The van der Waals surface area contributed by atoms with E-state index in [4.69, 9.17) is 0 Å². The molecule has 0 saturated carbocycles. The summed E-state index contributed by atoms with van der Waals surface area (Å²) in [6.45, 7) is 2.55. The zero-order valence-corrected chi connectivity index (χ0v) is 10.8. The van der Waals surface area contributed by atoms with Crippen molar-refractivity contribution in [1.82, 2.24) is 4.90 Å². The predicted molar refractivity (Wildman–Crippen MR) is 39.7 cm³/mol. The van der Waals surface area contributed by atoms with E-state index < -0.39 is 0 Å². The van der Waals surface area contributed by atoms with Crippen molar-refractivity contribution in [1.29, 1.82) is 0 Å². The molecule has 0 bridgehead atoms. The molecule has 0 radical (unpaired) electrons. The summed E-state index contributed by atoms with van der Waals surface area (Å²) in [5, 5.41) is 10.2. The van der Waals surface area contributed by atoms with E-state index in [2.05, 4.69) is 11.9 Å². The van der Waals surface area contributed by atoms with Gasteiger partial charge in [-0.2, -0.15) is 0 Å². The largest absolute Gasteiger partial charge is 1.00 e. The molecule has 0 spiro atoms. The Bertz CT molecular complexity index is 100. The van der Waals surface area contributed by atoms with Gasteiger partial charge in [0.05, 0.1) is 0 Å². The van der Waals surface area contributed by atoms with Crippen molar-refractivity contribution >= 4 is 0 Å². The molecule has 0 aromatic heterocycles. The van der Waals surface area contributed by atoms with Crippen LogP contribution in [0.2, 0.25) is 0 Å². The number of rotatable bonds is 3. The first kappa shape index (κ1) is 12.6. The minimum Gasteiger partial charge on any atom is -0.854 e. The fraction of sp³-hybridized carbons (Fsp3) is 1.00. The van der Waals surface area contributed by atoms with Gasteiger partial charge in [-0.25, -0.2) is 0 Å². The molecule has 0 N–H and O–H groups in total. The second-order valence-electron chi connectivity index (χ2n) is 3.26. The SMILES string of the molecule is CN1CCC(CCC[O-])C1.[K+]. The normalized spacial score (nSPS) is 25.1. The van der Waals surface area contributed by atoms with Crippen molar-refractivity contribution in [2.75, 3.05) is 26.7 Å². The van der Waals surface area contributed by atoms with Gasteiger partial charge in [0.2, 0.25) is 0 Å². The van der Waals surface area contributed by atoms with Crippen LogP contribution in [0.25, 0.3) is 0 Å². The molecular weight excluding hydrogens is 165 g/mol. The number of nitrogens with zero attached hydrogens (tertiary/aromatic N) is 1. The Morgan fingerprint density at radius 2 is 2.27 bits per heavy atom. The van der Waals surface area contributed by atoms with Crippen molar-refractivity contribution < 1.29 is 56.5 Å². The standard InChI is InChI=1S/C8H16NO.K/c1-9-5-4-8(7-9)3-2-6-10;/h8H,2-7H2,1H3;/q-1;+1. The molecule has 0 amide bonds. The maximum atomic E-state index is 10.2. The van der Waals surface area contributed by atoms with Crippen LogP contribution in [0.3, 0.4) is 0 Å². The quantitative estimate of drug-likeness (QED) is 0.436. The van der Waals surface area contributed by atoms with Crippen LogP contribution in [-0.4, -0.2) is 31.6 Å². The average Bonchev–Trinajstić information content (AvgIpc) is 2.31. The van der Waals surface area contributed by atoms with Gasteiger partial charge >= 0.3 is 51.4 Å². The summed E-state index contributed by atoms with van der Waals surface area (Å²) in [6.07, 6.45) is 3.32. The van der Waals surface area contributed by atoms with E-state index in [1.165, 1.54) is 19.5 Å². The Balaban J connectivity index is 0.000001000. The minimum atomic E-state index is 0. The second kappa shape index (κ2) is 7.01. The van der Waals surface area contributed by atoms with Gasteiger partial charge in [0.25, 0.3) is 0 Å². The molecule has 1 fully saturated rings. The zero-order valence-electron chi connectivity index (χ0n) is 7.68. The van der Waals surface area contributed by atoms with Crippen molar-refractivity contribution in [3.05, 3.63) is 0 Å². The molecule has 0 aromatic carbocycles. The van der Waals surface area contributed by atoms with Gasteiger partial charge in [-0.3, -0.25) is 0 Å². The van der Waals surface area contributed by atoms with Crippen molar-refractivity contribution in [3.63, 3.8) is 0 Å². The van der Waals surface area contributed by atoms with E-state index in [-0.39, 0.29) is 58.0 Å². The van der Waals surface area contributed by atoms with E-state index in [1.54, 1.807) is 0 Å². The number of hydrogen-bond donors (Lipinski definition) is 0. The second-order valence-corrected chi connectivity index (χ2v) is 3.26. The van der Waals surface area contributed by atoms with E-state index in [9.17, 15) is 5.11 Å². The summed E-state index contributed by atoms with van der Waals surface area (Å²) in [5.41, 5.74) is 0. The Hall–Kier alpha value is 1.56. The Morgan fingerprint density at radius 1 is 1.55 bits per heavy atom. The van der Waals surface area contributed by atoms with E-state index >= 15 is 0 Å². The van der Waals surface area contributed by atoms with Crippen LogP contribution < -0.4 is 56.5 Å². The monoisotopic (exact) mass is 181 g/mol. The third kappa shape index (κ3) is 4.98. The van der Waals surface area contributed by atoms with E-state index in [0.717, 1.165) is 18.8 Å². The third-order valence-electron chi connectivity index (χ3n) is 2.25. The molecule has 3 heteroatoms. The summed E-state index contributed by atoms with van der Waals surface area (Å²) >= 11 is 0. The summed E-state index contributed by atoms with van der Waals surface area (Å²) < 4.78 is 0. The van der Waals surface area contributed by atoms with Crippen LogP contribution in [0.5, 0.6) is 0 Å². The van der Waals surface area contributed by atoms with Gasteiger partial charge < -0.3 is 10.0 Å². The van der Waals surface area contributed by atoms with Gasteiger partial charge in [-0.05, 0) is 25.9 Å². The molecule has 0 aromatic rings. The minimum absolute atomic E-state index is 0. The first-order valence-corrected chi connectivity index (χ1v) is 4.09. The fourth-order valence-corrected chi connectivity index (χ4v) is 1.63. The summed E-state index contributed by atoms with van der Waals surface area (Å²) in [4.78, 5) is 2.34. The summed E-state index contributed by atoms with van der Waals surface area (Å²) in [5.74, 6) is 0.818. The molecule has 1 aliphatic heterocycles. The van der Waals surface area contributed by atoms with Crippen LogP contribution in [0.15, 0.2) is 0 Å². The predicted octanol–water partition coefficient (Wildman–Crippen LogP) is -2.92. The topological polar surface area (TPSA) is 26.3 Å². The maximum Gasteiger partial charge on any atom is 1.00 e. The molecular formula is C8H16KNO. The Labute approximate surface area is 112 Å². The smallest absolute Gasteiger partial charge is 0.854 e. The molecule has 1 rings (SSSR count). The Morgan fingerprint density at radius 3 is 2.73 bits per heavy atom.